The van der Waals surface area contributed by atoms with Crippen molar-refractivity contribution in [2.45, 2.75) is 18.4 Å². The maximum Gasteiger partial charge on any atom is 0.315 e. The number of amides is 2. The van der Waals surface area contributed by atoms with E-state index in [1.807, 2.05) is 6.92 Å². The lowest BCUT2D eigenvalue weighted by atomic mass is 10.2. The van der Waals surface area contributed by atoms with Crippen molar-refractivity contribution in [3.05, 3.63) is 65.5 Å². The third-order valence-electron chi connectivity index (χ3n) is 3.40. The SMILES string of the molecule is Cc1ccc(S(=O)(=O)NCCNC(=O)NCc2ccc(F)cc2)cc1. The van der Waals surface area contributed by atoms with Gasteiger partial charge in [-0.05, 0) is 36.8 Å². The average Bonchev–Trinajstić information content (AvgIpc) is 2.59. The third kappa shape index (κ3) is 6.17. The molecule has 25 heavy (non-hydrogen) atoms. The van der Waals surface area contributed by atoms with Gasteiger partial charge in [0.15, 0.2) is 0 Å². The lowest BCUT2D eigenvalue weighted by Crippen LogP contribution is -2.40. The molecule has 0 atom stereocenters. The first-order chi connectivity index (χ1) is 11.9. The van der Waals surface area contributed by atoms with Crippen LogP contribution >= 0.6 is 0 Å². The number of rotatable bonds is 7. The van der Waals surface area contributed by atoms with Gasteiger partial charge < -0.3 is 10.6 Å². The highest BCUT2D eigenvalue weighted by molar-refractivity contribution is 7.89. The molecular weight excluding hydrogens is 345 g/mol. The molecule has 0 unspecified atom stereocenters. The molecule has 0 bridgehead atoms. The lowest BCUT2D eigenvalue weighted by molar-refractivity contribution is 0.240. The van der Waals surface area contributed by atoms with Crippen LogP contribution in [0.3, 0.4) is 0 Å². The molecule has 0 radical (unpaired) electrons. The monoisotopic (exact) mass is 365 g/mol. The molecular formula is C17H20FN3O3S. The van der Waals surface area contributed by atoms with Gasteiger partial charge in [-0.3, -0.25) is 0 Å². The van der Waals surface area contributed by atoms with Crippen LogP contribution in [0.5, 0.6) is 0 Å². The van der Waals surface area contributed by atoms with E-state index >= 15 is 0 Å². The highest BCUT2D eigenvalue weighted by atomic mass is 32.2. The summed E-state index contributed by atoms with van der Waals surface area (Å²) in [6.07, 6.45) is 0. The fraction of sp³-hybridized carbons (Fsp3) is 0.235. The van der Waals surface area contributed by atoms with Gasteiger partial charge in [-0.15, -0.1) is 0 Å². The van der Waals surface area contributed by atoms with E-state index in [1.54, 1.807) is 24.3 Å². The van der Waals surface area contributed by atoms with Crippen molar-refractivity contribution >= 4 is 16.1 Å². The van der Waals surface area contributed by atoms with Gasteiger partial charge in [0.25, 0.3) is 0 Å². The Morgan fingerprint density at radius 2 is 1.60 bits per heavy atom. The van der Waals surface area contributed by atoms with Crippen molar-refractivity contribution in [1.82, 2.24) is 15.4 Å². The van der Waals surface area contributed by atoms with E-state index in [9.17, 15) is 17.6 Å². The summed E-state index contributed by atoms with van der Waals surface area (Å²) in [6.45, 7) is 2.33. The van der Waals surface area contributed by atoms with Gasteiger partial charge in [-0.2, -0.15) is 0 Å². The fourth-order valence-electron chi connectivity index (χ4n) is 2.01. The summed E-state index contributed by atoms with van der Waals surface area (Å²) in [5.41, 5.74) is 1.73. The van der Waals surface area contributed by atoms with Crippen LogP contribution in [-0.2, 0) is 16.6 Å². The topological polar surface area (TPSA) is 87.3 Å². The molecule has 0 spiro atoms. The van der Waals surface area contributed by atoms with Crippen molar-refractivity contribution in [1.29, 1.82) is 0 Å². The second-order valence-electron chi connectivity index (χ2n) is 5.45. The predicted molar refractivity (Wildman–Crippen MR) is 93.0 cm³/mol. The predicted octanol–water partition coefficient (Wildman–Crippen LogP) is 1.91. The molecule has 2 aromatic rings. The van der Waals surface area contributed by atoms with Crippen LogP contribution in [0, 0.1) is 12.7 Å². The zero-order valence-electron chi connectivity index (χ0n) is 13.8. The van der Waals surface area contributed by atoms with Crippen LogP contribution in [0.25, 0.3) is 0 Å². The highest BCUT2D eigenvalue weighted by Crippen LogP contribution is 2.09. The summed E-state index contributed by atoms with van der Waals surface area (Å²) in [5, 5.41) is 5.15. The number of carbonyl (C=O) groups is 1. The molecule has 6 nitrogen and oxygen atoms in total. The largest absolute Gasteiger partial charge is 0.337 e. The molecule has 0 aliphatic rings. The van der Waals surface area contributed by atoms with Crippen molar-refractivity contribution in [3.8, 4) is 0 Å². The standard InChI is InChI=1S/C17H20FN3O3S/c1-13-2-8-16(9-3-13)25(23,24)21-11-10-19-17(22)20-12-14-4-6-15(18)7-5-14/h2-9,21H,10-12H2,1H3,(H2,19,20,22). The normalized spacial score (nSPS) is 11.1. The number of aryl methyl sites for hydroxylation is 1. The van der Waals surface area contributed by atoms with Gasteiger partial charge >= 0.3 is 6.03 Å². The second kappa shape index (κ2) is 8.59. The van der Waals surface area contributed by atoms with E-state index < -0.39 is 16.1 Å². The Bertz CT molecular complexity index is 806. The fourth-order valence-corrected chi connectivity index (χ4v) is 3.04. The molecule has 3 N–H and O–H groups in total. The number of sulfonamides is 1. The van der Waals surface area contributed by atoms with E-state index in [0.29, 0.717) is 0 Å². The summed E-state index contributed by atoms with van der Waals surface area (Å²) in [7, 11) is -3.59. The van der Waals surface area contributed by atoms with Gasteiger partial charge in [0.2, 0.25) is 10.0 Å². The minimum Gasteiger partial charge on any atom is -0.337 e. The summed E-state index contributed by atoms with van der Waals surface area (Å²) in [6, 6.07) is 11.8. The molecule has 8 heteroatoms. The first-order valence-electron chi connectivity index (χ1n) is 7.69. The van der Waals surface area contributed by atoms with Gasteiger partial charge in [-0.25, -0.2) is 22.3 Å². The molecule has 2 rings (SSSR count). The summed E-state index contributed by atoms with van der Waals surface area (Å²) in [5.74, 6) is -0.339. The van der Waals surface area contributed by atoms with Crippen molar-refractivity contribution < 1.29 is 17.6 Å². The first kappa shape index (κ1) is 18.9. The molecule has 0 aliphatic heterocycles. The average molecular weight is 365 g/mol. The molecule has 0 heterocycles. The van der Waals surface area contributed by atoms with Crippen LogP contribution in [0.4, 0.5) is 9.18 Å². The lowest BCUT2D eigenvalue weighted by Gasteiger charge is -2.09. The summed E-state index contributed by atoms with van der Waals surface area (Å²) < 4.78 is 39.3. The highest BCUT2D eigenvalue weighted by Gasteiger charge is 2.12. The number of benzene rings is 2. The molecule has 0 aliphatic carbocycles. The molecule has 2 aromatic carbocycles. The minimum absolute atomic E-state index is 0.0696. The van der Waals surface area contributed by atoms with E-state index in [2.05, 4.69) is 15.4 Å². The smallest absolute Gasteiger partial charge is 0.315 e. The molecule has 0 saturated carbocycles. The van der Waals surface area contributed by atoms with E-state index in [0.717, 1.165) is 11.1 Å². The van der Waals surface area contributed by atoms with Crippen molar-refractivity contribution in [2.75, 3.05) is 13.1 Å². The molecule has 0 aromatic heterocycles. The Morgan fingerprint density at radius 1 is 0.960 bits per heavy atom. The number of hydrogen-bond donors (Lipinski definition) is 3. The van der Waals surface area contributed by atoms with Crippen LogP contribution in [0.1, 0.15) is 11.1 Å². The maximum absolute atomic E-state index is 12.8. The van der Waals surface area contributed by atoms with Crippen molar-refractivity contribution in [3.63, 3.8) is 0 Å². The number of urea groups is 1. The molecule has 0 saturated heterocycles. The van der Waals surface area contributed by atoms with Crippen molar-refractivity contribution in [2.24, 2.45) is 0 Å². The van der Waals surface area contributed by atoms with Crippen LogP contribution in [0.15, 0.2) is 53.4 Å². The Kier molecular flexibility index (Phi) is 6.49. The van der Waals surface area contributed by atoms with Crippen LogP contribution in [0.2, 0.25) is 0 Å². The van der Waals surface area contributed by atoms with E-state index in [-0.39, 0.29) is 30.3 Å². The zero-order chi connectivity index (χ0) is 18.3. The van der Waals surface area contributed by atoms with E-state index in [1.165, 1.54) is 24.3 Å². The van der Waals surface area contributed by atoms with Gasteiger partial charge in [-0.1, -0.05) is 29.8 Å². The molecule has 134 valence electrons. The van der Waals surface area contributed by atoms with Crippen LogP contribution in [-0.4, -0.2) is 27.5 Å². The van der Waals surface area contributed by atoms with Gasteiger partial charge in [0, 0.05) is 19.6 Å². The third-order valence-corrected chi connectivity index (χ3v) is 4.88. The first-order valence-corrected chi connectivity index (χ1v) is 9.17. The second-order valence-corrected chi connectivity index (χ2v) is 7.21. The summed E-state index contributed by atoms with van der Waals surface area (Å²) >= 11 is 0. The van der Waals surface area contributed by atoms with E-state index in [4.69, 9.17) is 0 Å². The van der Waals surface area contributed by atoms with Crippen LogP contribution < -0.4 is 15.4 Å². The minimum atomic E-state index is -3.59. The number of hydrogen-bond acceptors (Lipinski definition) is 3. The maximum atomic E-state index is 12.8. The van der Waals surface area contributed by atoms with Gasteiger partial charge in [0.1, 0.15) is 5.82 Å². The Hall–Kier alpha value is -2.45. The zero-order valence-corrected chi connectivity index (χ0v) is 14.6. The Morgan fingerprint density at radius 3 is 2.24 bits per heavy atom. The summed E-state index contributed by atoms with van der Waals surface area (Å²) in [4.78, 5) is 11.8. The Labute approximate surface area is 146 Å². The molecule has 0 fully saturated rings. The Balaban J connectivity index is 1.70. The number of halogens is 1. The number of nitrogens with one attached hydrogen (secondary N) is 3. The number of carbonyl (C=O) groups excluding carboxylic acids is 1. The molecule has 2 amide bonds. The quantitative estimate of drug-likeness (QED) is 0.655. The van der Waals surface area contributed by atoms with Gasteiger partial charge in [0.05, 0.1) is 4.90 Å².